The van der Waals surface area contributed by atoms with Gasteiger partial charge in [0.15, 0.2) is 17.1 Å². The highest BCUT2D eigenvalue weighted by atomic mass is 31.1. The number of terminal acetylenes is 1. The first kappa shape index (κ1) is 45.0. The van der Waals surface area contributed by atoms with Gasteiger partial charge in [0.1, 0.15) is 11.6 Å². The highest BCUT2D eigenvalue weighted by Gasteiger charge is 2.30. The number of hydrogen-bond acceptors (Lipinski definition) is 9. The Morgan fingerprint density at radius 3 is 2.07 bits per heavy atom. The minimum atomic E-state index is -2.97. The van der Waals surface area contributed by atoms with Crippen molar-refractivity contribution < 1.29 is 27.7 Å². The highest BCUT2D eigenvalue weighted by molar-refractivity contribution is 7.36. The van der Waals surface area contributed by atoms with Crippen LogP contribution in [0.2, 0.25) is 0 Å². The summed E-state index contributed by atoms with van der Waals surface area (Å²) in [5, 5.41) is 2.84. The first-order valence-corrected chi connectivity index (χ1v) is 21.4. The summed E-state index contributed by atoms with van der Waals surface area (Å²) in [6.45, 7) is 2.58. The van der Waals surface area contributed by atoms with E-state index in [4.69, 9.17) is 26.2 Å². The van der Waals surface area contributed by atoms with E-state index < -0.39 is 31.9 Å². The number of unbranched alkanes of at least 4 members (excludes halogenated alkanes) is 17. The number of carbonyl (C=O) groups is 1. The van der Waals surface area contributed by atoms with E-state index in [2.05, 4.69) is 32.9 Å². The Labute approximate surface area is 323 Å². The van der Waals surface area contributed by atoms with Gasteiger partial charge in [0.05, 0.1) is 19.5 Å². The van der Waals surface area contributed by atoms with Gasteiger partial charge in [-0.1, -0.05) is 152 Å². The average Bonchev–Trinajstić information content (AvgIpc) is 3.59. The number of aromatic nitrogens is 4. The van der Waals surface area contributed by atoms with Crippen LogP contribution in [-0.2, 0) is 36.3 Å². The molecule has 0 saturated heterocycles. The maximum absolute atomic E-state index is 13.8. The average molecular weight is 771 g/mol. The third kappa shape index (κ3) is 17.0. The molecule has 0 amide bonds. The molecule has 300 valence electrons. The molecule has 0 radical (unpaired) electrons. The van der Waals surface area contributed by atoms with Crippen LogP contribution in [0.4, 0.5) is 10.2 Å². The van der Waals surface area contributed by atoms with Crippen LogP contribution in [0.15, 0.2) is 36.7 Å². The van der Waals surface area contributed by atoms with Gasteiger partial charge in [0.25, 0.3) is 8.18 Å². The van der Waals surface area contributed by atoms with Crippen LogP contribution in [-0.4, -0.2) is 57.5 Å². The number of nitrogen functional groups attached to an aromatic ring is 1. The molecule has 0 aliphatic carbocycles. The lowest BCUT2D eigenvalue weighted by Gasteiger charge is -2.27. The molecule has 1 unspecified atom stereocenters. The van der Waals surface area contributed by atoms with Crippen LogP contribution in [0.5, 0.6) is 0 Å². The fraction of sp³-hybridized carbons (Fsp3) is 0.659. The molecule has 0 fully saturated rings. The van der Waals surface area contributed by atoms with Crippen LogP contribution in [0, 0.1) is 18.4 Å². The maximum atomic E-state index is 13.8. The smallest absolute Gasteiger partial charge is 0.323 e. The number of carbonyl (C=O) groups excluding carboxylic acids is 1. The number of aryl methyl sites for hydroxylation is 1. The topological polar surface area (TPSA) is 143 Å². The lowest BCUT2D eigenvalue weighted by atomic mass is 10.0. The predicted molar refractivity (Wildman–Crippen MR) is 215 cm³/mol. The fourth-order valence-electron chi connectivity index (χ4n) is 6.50. The summed E-state index contributed by atoms with van der Waals surface area (Å²) in [4.78, 5) is 24.7. The summed E-state index contributed by atoms with van der Waals surface area (Å²) in [6.07, 6.45) is 30.0. The Balaban J connectivity index is 1.34. The summed E-state index contributed by atoms with van der Waals surface area (Å²) in [6, 6.07) is 8.57. The van der Waals surface area contributed by atoms with E-state index in [-0.39, 0.29) is 43.0 Å². The van der Waals surface area contributed by atoms with Gasteiger partial charge in [-0.25, -0.2) is 10.1 Å². The van der Waals surface area contributed by atoms with Crippen molar-refractivity contribution in [1.82, 2.24) is 24.6 Å². The molecule has 3 rings (SSSR count). The van der Waals surface area contributed by atoms with Crippen LogP contribution < -0.4 is 10.8 Å². The summed E-state index contributed by atoms with van der Waals surface area (Å²) in [7, 11) is -1.54. The number of halogens is 1. The molecule has 13 heteroatoms. The largest absolute Gasteiger partial charge is 0.465 e. The molecule has 3 N–H and O–H groups in total. The summed E-state index contributed by atoms with van der Waals surface area (Å²) >= 11 is 0. The van der Waals surface area contributed by atoms with Gasteiger partial charge in [-0.05, 0) is 18.4 Å². The number of nitrogens with two attached hydrogens (primary N) is 1. The van der Waals surface area contributed by atoms with Crippen molar-refractivity contribution in [1.29, 1.82) is 0 Å². The second-order valence-corrected chi connectivity index (χ2v) is 15.4. The molecule has 2 aromatic heterocycles. The molecule has 0 spiro atoms. The predicted octanol–water partition coefficient (Wildman–Crippen LogP) is 9.15. The molecule has 0 aliphatic heterocycles. The Bertz CT molecular complexity index is 1550. The molecule has 11 nitrogen and oxygen atoms in total. The number of imidazole rings is 1. The Hall–Kier alpha value is -3.36. The van der Waals surface area contributed by atoms with Crippen LogP contribution in [0.1, 0.15) is 134 Å². The van der Waals surface area contributed by atoms with E-state index in [9.17, 15) is 13.8 Å². The van der Waals surface area contributed by atoms with E-state index in [1.807, 2.05) is 30.3 Å². The van der Waals surface area contributed by atoms with E-state index in [0.29, 0.717) is 6.61 Å². The molecule has 3 atom stereocenters. The standard InChI is InChI=1S/C41H64FN6O5P/c1-4-6-7-8-9-10-11-12-13-14-15-16-17-18-19-20-21-25-30-52-39(49)35(31-34-26-23-22-24-27-34)47-54(50)53-32-41(5-2,51-3)28-29-48-33-44-36-37(43)45-40(42)46-38(36)48/h2,22-24,26-27,33,35,54H,4,6-21,25,28-32H2,1,3H3,(H,47,50)(H2,43,45,46)/t35-,41-/m0/s1. The number of hydrogen-bond donors (Lipinski definition) is 2. The number of ether oxygens (including phenoxy) is 2. The van der Waals surface area contributed by atoms with Crippen molar-refractivity contribution in [2.45, 2.75) is 154 Å². The first-order chi connectivity index (χ1) is 26.3. The second-order valence-electron chi connectivity index (χ2n) is 14.2. The number of benzene rings is 1. The third-order valence-corrected chi connectivity index (χ3v) is 10.9. The zero-order valence-electron chi connectivity index (χ0n) is 32.7. The van der Waals surface area contributed by atoms with E-state index >= 15 is 0 Å². The molecule has 2 heterocycles. The van der Waals surface area contributed by atoms with Crippen LogP contribution in [0.25, 0.3) is 11.2 Å². The Morgan fingerprint density at radius 1 is 0.944 bits per heavy atom. The number of anilines is 1. The van der Waals surface area contributed by atoms with Gasteiger partial charge in [-0.3, -0.25) is 9.36 Å². The van der Waals surface area contributed by atoms with Gasteiger partial charge in [-0.15, -0.1) is 6.42 Å². The molecular formula is C41H64FN6O5P. The van der Waals surface area contributed by atoms with Crippen molar-refractivity contribution in [3.8, 4) is 12.3 Å². The van der Waals surface area contributed by atoms with Crippen molar-refractivity contribution in [2.75, 3.05) is 26.1 Å². The maximum Gasteiger partial charge on any atom is 0.323 e. The lowest BCUT2D eigenvalue weighted by Crippen LogP contribution is -2.39. The zero-order chi connectivity index (χ0) is 38.9. The van der Waals surface area contributed by atoms with Gasteiger partial charge in [0.2, 0.25) is 0 Å². The fourth-order valence-corrected chi connectivity index (χ4v) is 7.45. The number of esters is 1. The Kier molecular flexibility index (Phi) is 22.1. The number of methoxy groups -OCH3 is 1. The van der Waals surface area contributed by atoms with Crippen molar-refractivity contribution >= 4 is 31.1 Å². The number of nitrogens with one attached hydrogen (secondary N) is 1. The Morgan fingerprint density at radius 2 is 1.52 bits per heavy atom. The second kappa shape index (κ2) is 26.4. The molecule has 1 aromatic carbocycles. The van der Waals surface area contributed by atoms with Gasteiger partial charge in [-0.2, -0.15) is 14.4 Å². The SMILES string of the molecule is C#C[C@](CCn1cnc2c(N)nc(F)nc21)(CO[PH](=O)N[C@@H](Cc1ccccc1)C(=O)OCCCCCCCCCCCCCCCCCCCC)OC. The first-order valence-electron chi connectivity index (χ1n) is 20.1. The minimum Gasteiger partial charge on any atom is -0.465 e. The number of rotatable bonds is 31. The van der Waals surface area contributed by atoms with Crippen molar-refractivity contribution in [2.24, 2.45) is 0 Å². The molecule has 54 heavy (non-hydrogen) atoms. The molecule has 0 bridgehead atoms. The summed E-state index contributed by atoms with van der Waals surface area (Å²) < 4.78 is 45.5. The van der Waals surface area contributed by atoms with Crippen LogP contribution in [0.3, 0.4) is 0 Å². The van der Waals surface area contributed by atoms with E-state index in [0.717, 1.165) is 24.8 Å². The van der Waals surface area contributed by atoms with E-state index in [1.54, 1.807) is 4.57 Å². The van der Waals surface area contributed by atoms with Gasteiger partial charge in [0, 0.05) is 20.1 Å². The zero-order valence-corrected chi connectivity index (χ0v) is 33.7. The lowest BCUT2D eigenvalue weighted by molar-refractivity contribution is -0.145. The highest BCUT2D eigenvalue weighted by Crippen LogP contribution is 2.27. The molecule has 3 aromatic rings. The van der Waals surface area contributed by atoms with Gasteiger partial charge >= 0.3 is 12.0 Å². The third-order valence-electron chi connectivity index (χ3n) is 9.91. The number of fused-ring (bicyclic) bond motifs is 1. The monoisotopic (exact) mass is 770 g/mol. The van der Waals surface area contributed by atoms with Gasteiger partial charge < -0.3 is 24.3 Å². The summed E-state index contributed by atoms with van der Waals surface area (Å²) in [5.74, 6) is 2.04. The van der Waals surface area contributed by atoms with Crippen molar-refractivity contribution in [3.05, 3.63) is 48.3 Å². The van der Waals surface area contributed by atoms with Crippen LogP contribution >= 0.6 is 8.18 Å². The molecular weight excluding hydrogens is 706 g/mol. The minimum absolute atomic E-state index is 0.0711. The normalized spacial score (nSPS) is 13.7. The quantitative estimate of drug-likeness (QED) is 0.0214. The number of nitrogens with zero attached hydrogens (tertiary/aromatic N) is 4. The molecule has 0 aliphatic rings. The summed E-state index contributed by atoms with van der Waals surface area (Å²) in [5.41, 5.74) is 5.86. The molecule has 0 saturated carbocycles. The van der Waals surface area contributed by atoms with Crippen molar-refractivity contribution in [3.63, 3.8) is 0 Å². The van der Waals surface area contributed by atoms with E-state index in [1.165, 1.54) is 110 Å².